The molecule has 0 saturated carbocycles. The molecule has 0 bridgehead atoms. The molecule has 1 atom stereocenters. The average molecular weight is 143 g/mol. The second kappa shape index (κ2) is 3.53. The Morgan fingerprint density at radius 3 is 3.10 bits per heavy atom. The van der Waals surface area contributed by atoms with Gasteiger partial charge in [-0.15, -0.1) is 0 Å². The highest BCUT2D eigenvalue weighted by Gasteiger charge is 2.15. The first kappa shape index (κ1) is 7.50. The molecule has 1 rings (SSSR count). The van der Waals surface area contributed by atoms with Crippen LogP contribution in [0.5, 0.6) is 0 Å². The summed E-state index contributed by atoms with van der Waals surface area (Å²) in [5, 5.41) is 3.08. The van der Waals surface area contributed by atoms with Gasteiger partial charge in [0, 0.05) is 13.1 Å². The Labute approximate surface area is 59.7 Å². The van der Waals surface area contributed by atoms with Crippen LogP contribution in [0.15, 0.2) is 0 Å². The zero-order chi connectivity index (χ0) is 7.40. The number of ether oxygens (including phenoxy) is 1. The molecule has 1 amide bonds. The molecule has 4 heteroatoms. The molecule has 1 aliphatic rings. The zero-order valence-electron chi connectivity index (χ0n) is 5.72. The standard InChI is InChI=1S/C6H11N2O2/c7-6(9)3-5-4-8-1-2-10-5/h5,7-8H,1-4H2. The smallest absolute Gasteiger partial charge is 0.241 e. The van der Waals surface area contributed by atoms with Crippen molar-refractivity contribution in [1.29, 1.82) is 0 Å². The first-order chi connectivity index (χ1) is 4.79. The van der Waals surface area contributed by atoms with E-state index in [0.29, 0.717) is 13.2 Å². The van der Waals surface area contributed by atoms with Gasteiger partial charge in [0.15, 0.2) is 0 Å². The molecule has 1 radical (unpaired) electrons. The number of carbonyl (C=O) groups excluding carboxylic acids is 1. The molecule has 57 valence electrons. The molecule has 4 nitrogen and oxygen atoms in total. The topological polar surface area (TPSA) is 62.1 Å². The lowest BCUT2D eigenvalue weighted by Crippen LogP contribution is -2.39. The molecule has 1 aliphatic heterocycles. The second-order valence-corrected chi connectivity index (χ2v) is 2.32. The minimum atomic E-state index is -0.547. The van der Waals surface area contributed by atoms with Gasteiger partial charge in [0.2, 0.25) is 5.91 Å². The first-order valence-electron chi connectivity index (χ1n) is 3.36. The Balaban J connectivity index is 2.19. The van der Waals surface area contributed by atoms with Crippen molar-refractivity contribution in [2.75, 3.05) is 19.7 Å². The third kappa shape index (κ3) is 2.33. The van der Waals surface area contributed by atoms with Crippen LogP contribution in [-0.4, -0.2) is 31.7 Å². The van der Waals surface area contributed by atoms with Crippen LogP contribution >= 0.6 is 0 Å². The molecule has 1 fully saturated rings. The summed E-state index contributed by atoms with van der Waals surface area (Å²) in [6.07, 6.45) is 0.145. The summed E-state index contributed by atoms with van der Waals surface area (Å²) < 4.78 is 5.19. The Hall–Kier alpha value is -0.610. The van der Waals surface area contributed by atoms with Crippen molar-refractivity contribution in [3.05, 3.63) is 0 Å². The quantitative estimate of drug-likeness (QED) is 0.549. The van der Waals surface area contributed by atoms with Gasteiger partial charge in [-0.3, -0.25) is 10.5 Å². The van der Waals surface area contributed by atoms with Gasteiger partial charge in [-0.05, 0) is 0 Å². The lowest BCUT2D eigenvalue weighted by Gasteiger charge is -2.21. The molecule has 1 saturated heterocycles. The van der Waals surface area contributed by atoms with Gasteiger partial charge in [-0.2, -0.15) is 0 Å². The van der Waals surface area contributed by atoms with Crippen LogP contribution < -0.4 is 11.1 Å². The predicted octanol–water partition coefficient (Wildman–Crippen LogP) is -0.826. The number of rotatable bonds is 2. The van der Waals surface area contributed by atoms with Gasteiger partial charge in [0.1, 0.15) is 0 Å². The molecule has 10 heavy (non-hydrogen) atoms. The Bertz CT molecular complexity index is 121. The molecule has 1 unspecified atom stereocenters. The Kier molecular flexibility index (Phi) is 2.65. The summed E-state index contributed by atoms with van der Waals surface area (Å²) in [6.45, 7) is 2.20. The van der Waals surface area contributed by atoms with Crippen molar-refractivity contribution < 1.29 is 9.53 Å². The third-order valence-electron chi connectivity index (χ3n) is 1.42. The van der Waals surface area contributed by atoms with E-state index in [2.05, 4.69) is 5.32 Å². The molecule has 0 spiro atoms. The van der Waals surface area contributed by atoms with Gasteiger partial charge in [0.05, 0.1) is 19.1 Å². The molecular formula is C6H11N2O2. The van der Waals surface area contributed by atoms with E-state index in [0.717, 1.165) is 6.54 Å². The maximum atomic E-state index is 10.3. The molecule has 0 aromatic heterocycles. The van der Waals surface area contributed by atoms with Crippen LogP contribution in [0.2, 0.25) is 0 Å². The fourth-order valence-electron chi connectivity index (χ4n) is 0.958. The zero-order valence-corrected chi connectivity index (χ0v) is 5.72. The van der Waals surface area contributed by atoms with Crippen molar-refractivity contribution in [2.45, 2.75) is 12.5 Å². The van der Waals surface area contributed by atoms with E-state index in [4.69, 9.17) is 10.5 Å². The number of hydrogen-bond donors (Lipinski definition) is 1. The van der Waals surface area contributed by atoms with Gasteiger partial charge < -0.3 is 10.1 Å². The minimum absolute atomic E-state index is 0.0706. The van der Waals surface area contributed by atoms with Crippen molar-refractivity contribution in [3.8, 4) is 0 Å². The lowest BCUT2D eigenvalue weighted by atomic mass is 10.2. The molecule has 1 heterocycles. The predicted molar refractivity (Wildman–Crippen MR) is 35.3 cm³/mol. The molecular weight excluding hydrogens is 132 g/mol. The summed E-state index contributed by atoms with van der Waals surface area (Å²) in [5.74, 6) is -0.547. The van der Waals surface area contributed by atoms with Crippen molar-refractivity contribution in [2.24, 2.45) is 0 Å². The number of hydrogen-bond acceptors (Lipinski definition) is 3. The highest BCUT2D eigenvalue weighted by atomic mass is 16.5. The average Bonchev–Trinajstić information content (AvgIpc) is 1.88. The number of morpholine rings is 1. The van der Waals surface area contributed by atoms with Gasteiger partial charge in [0.25, 0.3) is 0 Å². The van der Waals surface area contributed by atoms with Crippen LogP contribution in [0, 0.1) is 0 Å². The fourth-order valence-corrected chi connectivity index (χ4v) is 0.958. The normalized spacial score (nSPS) is 26.2. The van der Waals surface area contributed by atoms with E-state index in [-0.39, 0.29) is 12.5 Å². The van der Waals surface area contributed by atoms with Crippen LogP contribution in [0.3, 0.4) is 0 Å². The molecule has 0 aromatic rings. The van der Waals surface area contributed by atoms with Crippen molar-refractivity contribution in [3.63, 3.8) is 0 Å². The number of nitrogens with one attached hydrogen (secondary N) is 2. The SMILES string of the molecule is [NH]C(=O)CC1CNCCO1. The fraction of sp³-hybridized carbons (Fsp3) is 0.833. The largest absolute Gasteiger partial charge is 0.375 e. The maximum absolute atomic E-state index is 10.3. The highest BCUT2D eigenvalue weighted by Crippen LogP contribution is 1.99. The van der Waals surface area contributed by atoms with E-state index < -0.39 is 5.91 Å². The second-order valence-electron chi connectivity index (χ2n) is 2.32. The van der Waals surface area contributed by atoms with E-state index >= 15 is 0 Å². The summed E-state index contributed by atoms with van der Waals surface area (Å²) in [4.78, 5) is 10.3. The molecule has 0 aliphatic carbocycles. The van der Waals surface area contributed by atoms with Crippen LogP contribution in [0.25, 0.3) is 0 Å². The van der Waals surface area contributed by atoms with Crippen molar-refractivity contribution in [1.82, 2.24) is 11.1 Å². The van der Waals surface area contributed by atoms with Gasteiger partial charge >= 0.3 is 0 Å². The summed E-state index contributed by atoms with van der Waals surface area (Å²) >= 11 is 0. The van der Waals surface area contributed by atoms with E-state index in [1.807, 2.05) is 0 Å². The first-order valence-corrected chi connectivity index (χ1v) is 3.36. The van der Waals surface area contributed by atoms with E-state index in [1.165, 1.54) is 0 Å². The summed E-state index contributed by atoms with van der Waals surface area (Å²) in [5.41, 5.74) is 6.67. The summed E-state index contributed by atoms with van der Waals surface area (Å²) in [7, 11) is 0. The summed E-state index contributed by atoms with van der Waals surface area (Å²) in [6, 6.07) is 0. The van der Waals surface area contributed by atoms with Crippen LogP contribution in [0.4, 0.5) is 0 Å². The third-order valence-corrected chi connectivity index (χ3v) is 1.42. The van der Waals surface area contributed by atoms with Gasteiger partial charge in [-0.25, -0.2) is 0 Å². The van der Waals surface area contributed by atoms with Crippen molar-refractivity contribution >= 4 is 5.91 Å². The number of carbonyl (C=O) groups is 1. The Morgan fingerprint density at radius 2 is 2.60 bits per heavy atom. The number of amides is 1. The minimum Gasteiger partial charge on any atom is -0.375 e. The van der Waals surface area contributed by atoms with Crippen LogP contribution in [-0.2, 0) is 9.53 Å². The van der Waals surface area contributed by atoms with Crippen LogP contribution in [0.1, 0.15) is 6.42 Å². The lowest BCUT2D eigenvalue weighted by molar-refractivity contribution is -0.121. The maximum Gasteiger partial charge on any atom is 0.241 e. The Morgan fingerprint density at radius 1 is 1.80 bits per heavy atom. The van der Waals surface area contributed by atoms with Gasteiger partial charge in [-0.1, -0.05) is 0 Å². The van der Waals surface area contributed by atoms with E-state index in [9.17, 15) is 4.79 Å². The molecule has 0 aromatic carbocycles. The monoisotopic (exact) mass is 143 g/mol. The molecule has 2 N–H and O–H groups in total. The van der Waals surface area contributed by atoms with E-state index in [1.54, 1.807) is 0 Å². The highest BCUT2D eigenvalue weighted by molar-refractivity contribution is 5.73.